The maximum absolute atomic E-state index is 12.9. The zero-order chi connectivity index (χ0) is 21.6. The van der Waals surface area contributed by atoms with Crippen molar-refractivity contribution < 1.29 is 4.79 Å². The second-order valence-electron chi connectivity index (χ2n) is 9.43. The van der Waals surface area contributed by atoms with Crippen LogP contribution in [0, 0.1) is 5.92 Å². The number of carbonyl (C=O) groups excluding carboxylic acids is 1. The second kappa shape index (κ2) is 10.4. The van der Waals surface area contributed by atoms with Crippen molar-refractivity contribution in [2.24, 2.45) is 10.9 Å². The molecule has 6 nitrogen and oxygen atoms in total. The molecular formula is C25H39N5O. The maximum Gasteiger partial charge on any atom is 0.225 e. The van der Waals surface area contributed by atoms with Crippen molar-refractivity contribution in [3.8, 4) is 0 Å². The number of likely N-dealkylation sites (tertiary alicyclic amines) is 1. The van der Waals surface area contributed by atoms with Crippen LogP contribution in [0.15, 0.2) is 23.2 Å². The topological polar surface area (TPSA) is 60.0 Å². The van der Waals surface area contributed by atoms with E-state index in [4.69, 9.17) is 4.99 Å². The first-order valence-corrected chi connectivity index (χ1v) is 12.3. The molecule has 1 saturated carbocycles. The number of guanidine groups is 1. The van der Waals surface area contributed by atoms with Crippen LogP contribution in [0.4, 0.5) is 5.69 Å². The number of nitrogens with zero attached hydrogens (tertiary/aromatic N) is 3. The fraction of sp³-hybridized carbons (Fsp3) is 0.680. The second-order valence-corrected chi connectivity index (χ2v) is 9.43. The summed E-state index contributed by atoms with van der Waals surface area (Å²) in [5, 5.41) is 6.96. The van der Waals surface area contributed by atoms with Gasteiger partial charge in [-0.3, -0.25) is 4.79 Å². The number of benzene rings is 1. The average molecular weight is 426 g/mol. The Kier molecular flexibility index (Phi) is 7.36. The van der Waals surface area contributed by atoms with Gasteiger partial charge in [-0.2, -0.15) is 0 Å². The number of aryl methyl sites for hydroxylation is 1. The Bertz CT molecular complexity index is 786. The summed E-state index contributed by atoms with van der Waals surface area (Å²) in [5.74, 6) is 1.50. The zero-order valence-electron chi connectivity index (χ0n) is 19.3. The van der Waals surface area contributed by atoms with Gasteiger partial charge in [0.05, 0.1) is 6.54 Å². The minimum atomic E-state index is 0.262. The third kappa shape index (κ3) is 5.52. The maximum atomic E-state index is 12.9. The van der Waals surface area contributed by atoms with E-state index in [0.29, 0.717) is 12.5 Å². The van der Waals surface area contributed by atoms with Crippen LogP contribution in [-0.2, 0) is 17.8 Å². The number of hydrogen-bond acceptors (Lipinski definition) is 3. The summed E-state index contributed by atoms with van der Waals surface area (Å²) in [6.07, 6.45) is 9.23. The third-order valence-corrected chi connectivity index (χ3v) is 7.05. The van der Waals surface area contributed by atoms with Gasteiger partial charge in [0.2, 0.25) is 5.91 Å². The number of carbonyl (C=O) groups is 1. The van der Waals surface area contributed by atoms with Crippen molar-refractivity contribution in [3.63, 3.8) is 0 Å². The van der Waals surface area contributed by atoms with E-state index in [2.05, 4.69) is 52.6 Å². The van der Waals surface area contributed by atoms with Crippen molar-refractivity contribution in [3.05, 3.63) is 29.3 Å². The lowest BCUT2D eigenvalue weighted by Crippen LogP contribution is -2.45. The Hall–Kier alpha value is -2.24. The molecule has 4 rings (SSSR count). The first kappa shape index (κ1) is 22.0. The van der Waals surface area contributed by atoms with Gasteiger partial charge in [-0.1, -0.05) is 31.4 Å². The molecule has 1 atom stereocenters. The molecule has 1 unspecified atom stereocenters. The minimum absolute atomic E-state index is 0.262. The monoisotopic (exact) mass is 425 g/mol. The van der Waals surface area contributed by atoms with E-state index in [1.807, 2.05) is 0 Å². The van der Waals surface area contributed by atoms with E-state index in [1.165, 1.54) is 42.5 Å². The van der Waals surface area contributed by atoms with Gasteiger partial charge in [0.25, 0.3) is 0 Å². The van der Waals surface area contributed by atoms with Crippen molar-refractivity contribution in [1.82, 2.24) is 15.5 Å². The first-order valence-electron chi connectivity index (χ1n) is 12.3. The van der Waals surface area contributed by atoms with Gasteiger partial charge in [-0.25, -0.2) is 4.99 Å². The third-order valence-electron chi connectivity index (χ3n) is 7.05. The van der Waals surface area contributed by atoms with Crippen LogP contribution in [0.5, 0.6) is 0 Å². The lowest BCUT2D eigenvalue weighted by molar-refractivity contribution is -0.135. The van der Waals surface area contributed by atoms with Gasteiger partial charge in [0.1, 0.15) is 0 Å². The molecule has 0 radical (unpaired) electrons. The molecule has 170 valence electrons. The van der Waals surface area contributed by atoms with Crippen LogP contribution < -0.4 is 15.5 Å². The Labute approximate surface area is 187 Å². The zero-order valence-corrected chi connectivity index (χ0v) is 19.3. The summed E-state index contributed by atoms with van der Waals surface area (Å²) >= 11 is 0. The minimum Gasteiger partial charge on any atom is -0.374 e. The molecule has 0 spiro atoms. The number of aliphatic imine (C=N–C) groups is 1. The van der Waals surface area contributed by atoms with Gasteiger partial charge in [-0.15, -0.1) is 0 Å². The predicted octanol–water partition coefficient (Wildman–Crippen LogP) is 3.31. The number of anilines is 1. The Morgan fingerprint density at radius 2 is 1.97 bits per heavy atom. The predicted molar refractivity (Wildman–Crippen MR) is 128 cm³/mol. The number of hydrogen-bond donors (Lipinski definition) is 2. The van der Waals surface area contributed by atoms with Crippen molar-refractivity contribution >= 4 is 17.6 Å². The van der Waals surface area contributed by atoms with Crippen molar-refractivity contribution in [1.29, 1.82) is 0 Å². The Morgan fingerprint density at radius 3 is 2.77 bits per heavy atom. The average Bonchev–Trinajstić information content (AvgIpc) is 3.26. The molecule has 1 saturated heterocycles. The van der Waals surface area contributed by atoms with Crippen molar-refractivity contribution in [2.75, 3.05) is 38.1 Å². The number of fused-ring (bicyclic) bond motifs is 1. The highest BCUT2D eigenvalue weighted by molar-refractivity contribution is 5.81. The normalized spacial score (nSPS) is 22.4. The fourth-order valence-electron chi connectivity index (χ4n) is 5.31. The van der Waals surface area contributed by atoms with Crippen LogP contribution in [0.25, 0.3) is 0 Å². The molecule has 0 bridgehead atoms. The molecule has 1 aromatic carbocycles. The highest BCUT2D eigenvalue weighted by Crippen LogP contribution is 2.28. The van der Waals surface area contributed by atoms with Gasteiger partial charge in [0, 0.05) is 50.9 Å². The molecule has 2 aliphatic heterocycles. The Morgan fingerprint density at radius 1 is 1.13 bits per heavy atom. The standard InChI is InChI=1S/C25H39N5O/c1-3-26-25(27-17-19-11-12-23-21(16-19)10-7-14-29(23)2)28-22-13-15-30(18-22)24(31)20-8-5-4-6-9-20/h11-12,16,20,22H,3-10,13-15,17-18H2,1-2H3,(H2,26,27,28). The molecule has 1 aliphatic carbocycles. The van der Waals surface area contributed by atoms with Gasteiger partial charge in [0.15, 0.2) is 5.96 Å². The lowest BCUT2D eigenvalue weighted by Gasteiger charge is -2.27. The smallest absolute Gasteiger partial charge is 0.225 e. The first-order chi connectivity index (χ1) is 15.1. The number of rotatable bonds is 5. The van der Waals surface area contributed by atoms with E-state index in [-0.39, 0.29) is 12.0 Å². The largest absolute Gasteiger partial charge is 0.374 e. The SMILES string of the molecule is CCNC(=NCc1ccc2c(c1)CCCN2C)NC1CCN(C(=O)C2CCCCC2)C1. The highest BCUT2D eigenvalue weighted by atomic mass is 16.2. The van der Waals surface area contributed by atoms with E-state index < -0.39 is 0 Å². The molecule has 6 heteroatoms. The quantitative estimate of drug-likeness (QED) is 0.561. The fourth-order valence-corrected chi connectivity index (χ4v) is 5.31. The molecule has 2 heterocycles. The molecule has 0 aromatic heterocycles. The van der Waals surface area contributed by atoms with Crippen LogP contribution in [0.1, 0.15) is 63.0 Å². The molecule has 1 amide bonds. The van der Waals surface area contributed by atoms with Gasteiger partial charge < -0.3 is 20.4 Å². The summed E-state index contributed by atoms with van der Waals surface area (Å²) in [6, 6.07) is 7.04. The number of nitrogens with one attached hydrogen (secondary N) is 2. The van der Waals surface area contributed by atoms with Crippen LogP contribution in [-0.4, -0.2) is 56.0 Å². The summed E-state index contributed by atoms with van der Waals surface area (Å²) in [7, 11) is 2.17. The molecule has 2 N–H and O–H groups in total. The van der Waals surface area contributed by atoms with Gasteiger partial charge >= 0.3 is 0 Å². The van der Waals surface area contributed by atoms with Crippen LogP contribution in [0.3, 0.4) is 0 Å². The summed E-state index contributed by atoms with van der Waals surface area (Å²) in [4.78, 5) is 22.1. The van der Waals surface area contributed by atoms with E-state index in [9.17, 15) is 4.79 Å². The van der Waals surface area contributed by atoms with E-state index in [1.54, 1.807) is 0 Å². The number of amides is 1. The van der Waals surface area contributed by atoms with Crippen molar-refractivity contribution in [2.45, 2.75) is 70.9 Å². The molecule has 3 aliphatic rings. The van der Waals surface area contributed by atoms with Crippen LogP contribution >= 0.6 is 0 Å². The molecule has 31 heavy (non-hydrogen) atoms. The van der Waals surface area contributed by atoms with Gasteiger partial charge in [-0.05, 0) is 56.2 Å². The molecule has 1 aromatic rings. The van der Waals surface area contributed by atoms with E-state index >= 15 is 0 Å². The van der Waals surface area contributed by atoms with E-state index in [0.717, 1.165) is 57.8 Å². The Balaban J connectivity index is 1.33. The summed E-state index contributed by atoms with van der Waals surface area (Å²) < 4.78 is 0. The molecular weight excluding hydrogens is 386 g/mol. The lowest BCUT2D eigenvalue weighted by atomic mass is 9.88. The molecule has 2 fully saturated rings. The summed E-state index contributed by atoms with van der Waals surface area (Å²) in [5.41, 5.74) is 4.05. The summed E-state index contributed by atoms with van der Waals surface area (Å²) in [6.45, 7) is 6.40. The van der Waals surface area contributed by atoms with Crippen LogP contribution in [0.2, 0.25) is 0 Å². The highest BCUT2D eigenvalue weighted by Gasteiger charge is 2.31.